The molecule has 6 nitrogen and oxygen atoms in total. The summed E-state index contributed by atoms with van der Waals surface area (Å²) in [5.74, 6) is 2.43. The topological polar surface area (TPSA) is 62.3 Å². The Hall–Kier alpha value is -3.28. The number of hydrogen-bond acceptors (Lipinski definition) is 6. The van der Waals surface area contributed by atoms with Crippen LogP contribution in [0, 0.1) is 0 Å². The number of rotatable bonds is 8. The Morgan fingerprint density at radius 2 is 1.63 bits per heavy atom. The van der Waals surface area contributed by atoms with Crippen LogP contribution in [0.5, 0.6) is 5.75 Å². The first-order chi connectivity index (χ1) is 13.1. The van der Waals surface area contributed by atoms with E-state index < -0.39 is 0 Å². The SMILES string of the molecule is COc1ccc(CCNc2cc(Nc3ccc(N(C)C)cc3)ncn2)cc1. The molecular weight excluding hydrogens is 338 g/mol. The number of ether oxygens (including phenoxy) is 1. The fourth-order valence-corrected chi connectivity index (χ4v) is 2.64. The van der Waals surface area contributed by atoms with Gasteiger partial charge in [-0.05, 0) is 48.4 Å². The highest BCUT2D eigenvalue weighted by molar-refractivity contribution is 5.62. The van der Waals surface area contributed by atoms with Crippen molar-refractivity contribution >= 4 is 23.0 Å². The zero-order valence-electron chi connectivity index (χ0n) is 15.9. The van der Waals surface area contributed by atoms with Gasteiger partial charge in [-0.2, -0.15) is 0 Å². The van der Waals surface area contributed by atoms with Crippen LogP contribution in [-0.4, -0.2) is 37.7 Å². The summed E-state index contributed by atoms with van der Waals surface area (Å²) in [7, 11) is 5.72. The van der Waals surface area contributed by atoms with Crippen molar-refractivity contribution in [2.24, 2.45) is 0 Å². The number of benzene rings is 2. The fourth-order valence-electron chi connectivity index (χ4n) is 2.64. The lowest BCUT2D eigenvalue weighted by atomic mass is 10.1. The normalized spacial score (nSPS) is 10.3. The molecule has 1 aromatic heterocycles. The second-order valence-electron chi connectivity index (χ2n) is 6.38. The molecule has 0 saturated heterocycles. The van der Waals surface area contributed by atoms with Crippen molar-refractivity contribution in [2.75, 3.05) is 43.3 Å². The maximum absolute atomic E-state index is 5.18. The van der Waals surface area contributed by atoms with Gasteiger partial charge in [-0.25, -0.2) is 9.97 Å². The van der Waals surface area contributed by atoms with E-state index in [2.05, 4.69) is 49.8 Å². The first-order valence-electron chi connectivity index (χ1n) is 8.87. The van der Waals surface area contributed by atoms with E-state index >= 15 is 0 Å². The number of nitrogens with zero attached hydrogens (tertiary/aromatic N) is 3. The van der Waals surface area contributed by atoms with Crippen LogP contribution >= 0.6 is 0 Å². The molecule has 27 heavy (non-hydrogen) atoms. The summed E-state index contributed by atoms with van der Waals surface area (Å²) in [6.07, 6.45) is 2.47. The zero-order chi connectivity index (χ0) is 19.1. The van der Waals surface area contributed by atoms with Crippen molar-refractivity contribution in [3.8, 4) is 5.75 Å². The predicted octanol–water partition coefficient (Wildman–Crippen LogP) is 3.95. The van der Waals surface area contributed by atoms with Gasteiger partial charge < -0.3 is 20.3 Å². The third-order valence-electron chi connectivity index (χ3n) is 4.20. The van der Waals surface area contributed by atoms with E-state index in [1.807, 2.05) is 44.4 Å². The van der Waals surface area contributed by atoms with Crippen LogP contribution in [0.3, 0.4) is 0 Å². The highest BCUT2D eigenvalue weighted by atomic mass is 16.5. The van der Waals surface area contributed by atoms with E-state index in [4.69, 9.17) is 4.74 Å². The molecule has 2 aromatic carbocycles. The molecule has 0 fully saturated rings. The third-order valence-corrected chi connectivity index (χ3v) is 4.20. The van der Waals surface area contributed by atoms with E-state index in [0.717, 1.165) is 41.7 Å². The average molecular weight is 363 g/mol. The molecule has 0 aliphatic rings. The smallest absolute Gasteiger partial charge is 0.135 e. The monoisotopic (exact) mass is 363 g/mol. The molecular formula is C21H25N5O. The van der Waals surface area contributed by atoms with E-state index in [0.29, 0.717) is 0 Å². The first kappa shape index (κ1) is 18.5. The van der Waals surface area contributed by atoms with E-state index in [9.17, 15) is 0 Å². The summed E-state index contributed by atoms with van der Waals surface area (Å²) < 4.78 is 5.18. The van der Waals surface area contributed by atoms with E-state index in [1.165, 1.54) is 5.56 Å². The summed E-state index contributed by atoms with van der Waals surface area (Å²) in [6, 6.07) is 18.2. The van der Waals surface area contributed by atoms with Crippen molar-refractivity contribution in [1.82, 2.24) is 9.97 Å². The number of anilines is 4. The van der Waals surface area contributed by atoms with Crippen molar-refractivity contribution in [3.05, 3.63) is 66.5 Å². The third kappa shape index (κ3) is 5.34. The Balaban J connectivity index is 1.55. The summed E-state index contributed by atoms with van der Waals surface area (Å²) in [6.45, 7) is 0.792. The standard InChI is InChI=1S/C21H25N5O/c1-26(2)18-8-6-17(7-9-18)25-21-14-20(23-15-24-21)22-13-12-16-4-10-19(27-3)11-5-16/h4-11,14-15H,12-13H2,1-3H3,(H2,22,23,24,25). The molecule has 0 bridgehead atoms. The summed E-state index contributed by atoms with van der Waals surface area (Å²) in [5, 5.41) is 6.65. The molecule has 6 heteroatoms. The van der Waals surface area contributed by atoms with Crippen molar-refractivity contribution in [1.29, 1.82) is 0 Å². The minimum atomic E-state index is 0.759. The first-order valence-corrected chi connectivity index (χ1v) is 8.87. The number of nitrogens with one attached hydrogen (secondary N) is 2. The second kappa shape index (κ2) is 8.89. The molecule has 3 rings (SSSR count). The Kier molecular flexibility index (Phi) is 6.10. The quantitative estimate of drug-likeness (QED) is 0.632. The number of methoxy groups -OCH3 is 1. The van der Waals surface area contributed by atoms with Gasteiger partial charge in [0.1, 0.15) is 23.7 Å². The summed E-state index contributed by atoms with van der Waals surface area (Å²) in [4.78, 5) is 10.6. The minimum absolute atomic E-state index is 0.759. The van der Waals surface area contributed by atoms with Crippen molar-refractivity contribution < 1.29 is 4.74 Å². The Morgan fingerprint density at radius 1 is 0.926 bits per heavy atom. The van der Waals surface area contributed by atoms with Gasteiger partial charge in [0.25, 0.3) is 0 Å². The Labute approximate surface area is 160 Å². The molecule has 140 valence electrons. The van der Waals surface area contributed by atoms with Crippen molar-refractivity contribution in [2.45, 2.75) is 6.42 Å². The van der Waals surface area contributed by atoms with E-state index in [1.54, 1.807) is 13.4 Å². The molecule has 0 aliphatic heterocycles. The molecule has 0 amide bonds. The molecule has 0 radical (unpaired) electrons. The molecule has 1 heterocycles. The van der Waals surface area contributed by atoms with E-state index in [-0.39, 0.29) is 0 Å². The van der Waals surface area contributed by atoms with Gasteiger partial charge >= 0.3 is 0 Å². The lowest BCUT2D eigenvalue weighted by molar-refractivity contribution is 0.414. The fraction of sp³-hybridized carbons (Fsp3) is 0.238. The van der Waals surface area contributed by atoms with Crippen molar-refractivity contribution in [3.63, 3.8) is 0 Å². The van der Waals surface area contributed by atoms with Crippen LogP contribution in [0.4, 0.5) is 23.0 Å². The zero-order valence-corrected chi connectivity index (χ0v) is 15.9. The predicted molar refractivity (Wildman–Crippen MR) is 111 cm³/mol. The second-order valence-corrected chi connectivity index (χ2v) is 6.38. The van der Waals surface area contributed by atoms with Crippen LogP contribution in [0.25, 0.3) is 0 Å². The summed E-state index contributed by atoms with van der Waals surface area (Å²) in [5.41, 5.74) is 3.39. The van der Waals surface area contributed by atoms with Crippen LogP contribution < -0.4 is 20.3 Å². The maximum atomic E-state index is 5.18. The highest BCUT2D eigenvalue weighted by Gasteiger charge is 2.01. The minimum Gasteiger partial charge on any atom is -0.497 e. The van der Waals surface area contributed by atoms with Gasteiger partial charge in [-0.3, -0.25) is 0 Å². The maximum Gasteiger partial charge on any atom is 0.135 e. The van der Waals surface area contributed by atoms with Gasteiger partial charge in [-0.15, -0.1) is 0 Å². The van der Waals surface area contributed by atoms with Crippen LogP contribution in [0.1, 0.15) is 5.56 Å². The van der Waals surface area contributed by atoms with Gasteiger partial charge in [0.05, 0.1) is 7.11 Å². The molecule has 0 saturated carbocycles. The molecule has 2 N–H and O–H groups in total. The lowest BCUT2D eigenvalue weighted by Crippen LogP contribution is -2.08. The summed E-state index contributed by atoms with van der Waals surface area (Å²) >= 11 is 0. The molecule has 0 unspecified atom stereocenters. The number of hydrogen-bond donors (Lipinski definition) is 2. The van der Waals surface area contributed by atoms with Gasteiger partial charge in [0, 0.05) is 38.1 Å². The van der Waals surface area contributed by atoms with Crippen LogP contribution in [0.2, 0.25) is 0 Å². The van der Waals surface area contributed by atoms with Gasteiger partial charge in [0.15, 0.2) is 0 Å². The Morgan fingerprint density at radius 3 is 2.30 bits per heavy atom. The lowest BCUT2D eigenvalue weighted by Gasteiger charge is -2.13. The molecule has 0 spiro atoms. The molecule has 0 aliphatic carbocycles. The van der Waals surface area contributed by atoms with Crippen LogP contribution in [0.15, 0.2) is 60.9 Å². The van der Waals surface area contributed by atoms with Gasteiger partial charge in [-0.1, -0.05) is 12.1 Å². The van der Waals surface area contributed by atoms with Gasteiger partial charge in [0.2, 0.25) is 0 Å². The highest BCUT2D eigenvalue weighted by Crippen LogP contribution is 2.20. The number of aromatic nitrogens is 2. The molecule has 3 aromatic rings. The largest absolute Gasteiger partial charge is 0.497 e. The Bertz CT molecular complexity index is 847. The molecule has 0 atom stereocenters. The van der Waals surface area contributed by atoms with Crippen LogP contribution in [-0.2, 0) is 6.42 Å². The average Bonchev–Trinajstić information content (AvgIpc) is 2.69.